The van der Waals surface area contributed by atoms with Gasteiger partial charge in [0, 0.05) is 12.6 Å². The summed E-state index contributed by atoms with van der Waals surface area (Å²) in [5, 5.41) is 0. The van der Waals surface area contributed by atoms with E-state index in [1.165, 1.54) is 0 Å². The summed E-state index contributed by atoms with van der Waals surface area (Å²) in [4.78, 5) is 14.8. The second kappa shape index (κ2) is 8.27. The number of amides is 1. The van der Waals surface area contributed by atoms with Crippen molar-refractivity contribution in [3.05, 3.63) is 17.7 Å². The van der Waals surface area contributed by atoms with Crippen LogP contribution >= 0.6 is 0 Å². The SMILES string of the molecule is COc1cc(CC(=O)N(CCC(C)C)C2CC2)cc(OC)c1OC. The van der Waals surface area contributed by atoms with Crippen LogP contribution in [-0.4, -0.2) is 44.7 Å². The molecule has 24 heavy (non-hydrogen) atoms. The number of hydrogen-bond acceptors (Lipinski definition) is 4. The van der Waals surface area contributed by atoms with E-state index in [0.717, 1.165) is 31.4 Å². The molecule has 0 saturated heterocycles. The fourth-order valence-corrected chi connectivity index (χ4v) is 2.81. The average Bonchev–Trinajstić information content (AvgIpc) is 3.38. The zero-order valence-corrected chi connectivity index (χ0v) is 15.4. The number of ether oxygens (including phenoxy) is 3. The molecule has 134 valence electrons. The van der Waals surface area contributed by atoms with Crippen LogP contribution in [0.25, 0.3) is 0 Å². The molecule has 0 bridgehead atoms. The predicted molar refractivity (Wildman–Crippen MR) is 94.0 cm³/mol. The number of hydrogen-bond donors (Lipinski definition) is 0. The Bertz CT molecular complexity index is 541. The van der Waals surface area contributed by atoms with E-state index in [2.05, 4.69) is 13.8 Å². The van der Waals surface area contributed by atoms with Crippen LogP contribution < -0.4 is 14.2 Å². The molecule has 1 saturated carbocycles. The van der Waals surface area contributed by atoms with Crippen molar-refractivity contribution in [2.75, 3.05) is 27.9 Å². The van der Waals surface area contributed by atoms with Crippen LogP contribution in [0.2, 0.25) is 0 Å². The van der Waals surface area contributed by atoms with Gasteiger partial charge in [-0.3, -0.25) is 4.79 Å². The maximum atomic E-state index is 12.8. The first-order chi connectivity index (χ1) is 11.5. The van der Waals surface area contributed by atoms with E-state index in [0.29, 0.717) is 35.6 Å². The van der Waals surface area contributed by atoms with Gasteiger partial charge >= 0.3 is 0 Å². The van der Waals surface area contributed by atoms with Crippen molar-refractivity contribution in [2.24, 2.45) is 5.92 Å². The van der Waals surface area contributed by atoms with Crippen molar-refractivity contribution >= 4 is 5.91 Å². The molecule has 1 aliphatic carbocycles. The monoisotopic (exact) mass is 335 g/mol. The molecule has 0 aliphatic heterocycles. The van der Waals surface area contributed by atoms with Gasteiger partial charge in [-0.2, -0.15) is 0 Å². The third-order valence-electron chi connectivity index (χ3n) is 4.34. The van der Waals surface area contributed by atoms with Gasteiger partial charge in [0.15, 0.2) is 11.5 Å². The maximum absolute atomic E-state index is 12.8. The molecule has 5 heteroatoms. The summed E-state index contributed by atoms with van der Waals surface area (Å²) in [7, 11) is 4.75. The van der Waals surface area contributed by atoms with Crippen molar-refractivity contribution in [1.82, 2.24) is 4.90 Å². The van der Waals surface area contributed by atoms with Crippen molar-refractivity contribution in [3.63, 3.8) is 0 Å². The highest BCUT2D eigenvalue weighted by Crippen LogP contribution is 2.38. The number of nitrogens with zero attached hydrogens (tertiary/aromatic N) is 1. The van der Waals surface area contributed by atoms with Crippen LogP contribution in [0, 0.1) is 5.92 Å². The molecule has 0 spiro atoms. The van der Waals surface area contributed by atoms with Gasteiger partial charge in [0.1, 0.15) is 0 Å². The van der Waals surface area contributed by atoms with Gasteiger partial charge < -0.3 is 19.1 Å². The third-order valence-corrected chi connectivity index (χ3v) is 4.34. The second-order valence-corrected chi connectivity index (χ2v) is 6.71. The van der Waals surface area contributed by atoms with Gasteiger partial charge in [0.05, 0.1) is 27.8 Å². The molecule has 1 fully saturated rings. The number of methoxy groups -OCH3 is 3. The lowest BCUT2D eigenvalue weighted by atomic mass is 10.1. The number of carbonyl (C=O) groups excluding carboxylic acids is 1. The molecular formula is C19H29NO4. The summed E-state index contributed by atoms with van der Waals surface area (Å²) >= 11 is 0. The molecule has 1 amide bonds. The molecule has 0 atom stereocenters. The molecule has 0 heterocycles. The Balaban J connectivity index is 2.14. The van der Waals surface area contributed by atoms with Crippen LogP contribution in [0.15, 0.2) is 12.1 Å². The standard InChI is InChI=1S/C19H29NO4/c1-13(2)8-9-20(15-6-7-15)18(21)12-14-10-16(22-3)19(24-5)17(11-14)23-4/h10-11,13,15H,6-9,12H2,1-5H3. The van der Waals surface area contributed by atoms with E-state index in [9.17, 15) is 4.79 Å². The Morgan fingerprint density at radius 3 is 2.12 bits per heavy atom. The molecule has 0 unspecified atom stereocenters. The second-order valence-electron chi connectivity index (χ2n) is 6.71. The minimum atomic E-state index is 0.174. The Morgan fingerprint density at radius 2 is 1.71 bits per heavy atom. The van der Waals surface area contributed by atoms with E-state index >= 15 is 0 Å². The first-order valence-corrected chi connectivity index (χ1v) is 8.58. The maximum Gasteiger partial charge on any atom is 0.227 e. The first kappa shape index (κ1) is 18.4. The minimum absolute atomic E-state index is 0.174. The first-order valence-electron chi connectivity index (χ1n) is 8.58. The highest BCUT2D eigenvalue weighted by molar-refractivity contribution is 5.80. The fourth-order valence-electron chi connectivity index (χ4n) is 2.81. The molecule has 5 nitrogen and oxygen atoms in total. The van der Waals surface area contributed by atoms with E-state index in [-0.39, 0.29) is 5.91 Å². The molecule has 0 N–H and O–H groups in total. The van der Waals surface area contributed by atoms with Gasteiger partial charge in [-0.05, 0) is 42.9 Å². The van der Waals surface area contributed by atoms with E-state index in [4.69, 9.17) is 14.2 Å². The van der Waals surface area contributed by atoms with Gasteiger partial charge in [-0.1, -0.05) is 13.8 Å². The lowest BCUT2D eigenvalue weighted by Crippen LogP contribution is -2.35. The van der Waals surface area contributed by atoms with Crippen LogP contribution in [0.4, 0.5) is 0 Å². The normalized spacial score (nSPS) is 13.8. The summed E-state index contributed by atoms with van der Waals surface area (Å²) in [6.45, 7) is 5.22. The Labute approximate surface area is 144 Å². The van der Waals surface area contributed by atoms with Gasteiger partial charge in [0.25, 0.3) is 0 Å². The molecule has 0 aromatic heterocycles. The molecule has 0 radical (unpaired) electrons. The summed E-state index contributed by atoms with van der Waals surface area (Å²) in [6.07, 6.45) is 3.64. The molecule has 1 aromatic carbocycles. The largest absolute Gasteiger partial charge is 0.493 e. The Kier molecular flexibility index (Phi) is 6.35. The molecule has 2 rings (SSSR count). The summed E-state index contributed by atoms with van der Waals surface area (Å²) in [6, 6.07) is 4.14. The van der Waals surface area contributed by atoms with E-state index < -0.39 is 0 Å². The predicted octanol–water partition coefficient (Wildman–Crippen LogP) is 3.29. The fraction of sp³-hybridized carbons (Fsp3) is 0.632. The smallest absolute Gasteiger partial charge is 0.227 e. The average molecular weight is 335 g/mol. The highest BCUT2D eigenvalue weighted by Gasteiger charge is 2.32. The third kappa shape index (κ3) is 4.56. The lowest BCUT2D eigenvalue weighted by molar-refractivity contribution is -0.131. The van der Waals surface area contributed by atoms with Crippen molar-refractivity contribution in [1.29, 1.82) is 0 Å². The van der Waals surface area contributed by atoms with Crippen molar-refractivity contribution in [2.45, 2.75) is 45.6 Å². The Hall–Kier alpha value is -1.91. The summed E-state index contributed by atoms with van der Waals surface area (Å²) < 4.78 is 16.1. The molecule has 1 aromatic rings. The van der Waals surface area contributed by atoms with Crippen LogP contribution in [0.5, 0.6) is 17.2 Å². The zero-order chi connectivity index (χ0) is 17.7. The Morgan fingerprint density at radius 1 is 1.12 bits per heavy atom. The topological polar surface area (TPSA) is 48.0 Å². The van der Waals surface area contributed by atoms with Gasteiger partial charge in [-0.25, -0.2) is 0 Å². The van der Waals surface area contributed by atoms with Gasteiger partial charge in [0.2, 0.25) is 11.7 Å². The van der Waals surface area contributed by atoms with Crippen molar-refractivity contribution < 1.29 is 19.0 Å². The molecular weight excluding hydrogens is 306 g/mol. The highest BCUT2D eigenvalue weighted by atomic mass is 16.5. The van der Waals surface area contributed by atoms with E-state index in [1.54, 1.807) is 21.3 Å². The number of carbonyl (C=O) groups is 1. The quantitative estimate of drug-likeness (QED) is 0.695. The summed E-state index contributed by atoms with van der Waals surface area (Å²) in [5.41, 5.74) is 0.879. The molecule has 1 aliphatic rings. The zero-order valence-electron chi connectivity index (χ0n) is 15.4. The van der Waals surface area contributed by atoms with Crippen LogP contribution in [0.3, 0.4) is 0 Å². The van der Waals surface area contributed by atoms with Gasteiger partial charge in [-0.15, -0.1) is 0 Å². The van der Waals surface area contributed by atoms with Crippen molar-refractivity contribution in [3.8, 4) is 17.2 Å². The summed E-state index contributed by atoms with van der Waals surface area (Å²) in [5.74, 6) is 2.49. The minimum Gasteiger partial charge on any atom is -0.493 e. The van der Waals surface area contributed by atoms with E-state index in [1.807, 2.05) is 17.0 Å². The number of benzene rings is 1. The van der Waals surface area contributed by atoms with Crippen LogP contribution in [-0.2, 0) is 11.2 Å². The van der Waals surface area contributed by atoms with Crippen LogP contribution in [0.1, 0.15) is 38.7 Å². The lowest BCUT2D eigenvalue weighted by Gasteiger charge is -2.24. The number of rotatable bonds is 9.